The smallest absolute Gasteiger partial charge is 0.332 e. The van der Waals surface area contributed by atoms with E-state index < -0.39 is 41.5 Å². The van der Waals surface area contributed by atoms with Crippen molar-refractivity contribution in [1.82, 2.24) is 14.5 Å². The van der Waals surface area contributed by atoms with E-state index in [1.54, 1.807) is 27.7 Å². The molecule has 0 aliphatic rings. The third-order valence-corrected chi connectivity index (χ3v) is 4.76. The highest BCUT2D eigenvalue weighted by Gasteiger charge is 2.62. The van der Waals surface area contributed by atoms with Gasteiger partial charge in [-0.3, -0.25) is 9.36 Å². The van der Waals surface area contributed by atoms with Gasteiger partial charge in [0.15, 0.2) is 5.69 Å². The number of benzene rings is 1. The Bertz CT molecular complexity index is 881. The maximum atomic E-state index is 14.5. The molecule has 0 aliphatic heterocycles. The van der Waals surface area contributed by atoms with Crippen LogP contribution in [0.25, 0.3) is 5.69 Å². The fourth-order valence-corrected chi connectivity index (χ4v) is 3.60. The Labute approximate surface area is 174 Å². The molecule has 1 heterocycles. The molecule has 2 aromatic rings. The predicted molar refractivity (Wildman–Crippen MR) is 100.0 cm³/mol. The van der Waals surface area contributed by atoms with E-state index in [4.69, 9.17) is 23.2 Å². The van der Waals surface area contributed by atoms with Crippen LogP contribution in [0.3, 0.4) is 0 Å². The summed E-state index contributed by atoms with van der Waals surface area (Å²) in [6.07, 6.45) is -5.29. The zero-order valence-corrected chi connectivity index (χ0v) is 17.4. The fourth-order valence-electron chi connectivity index (χ4n) is 3.02. The molecule has 4 nitrogen and oxygen atoms in total. The molecule has 0 saturated heterocycles. The first-order valence-electron chi connectivity index (χ1n) is 8.51. The Kier molecular flexibility index (Phi) is 6.54. The van der Waals surface area contributed by atoms with E-state index in [-0.39, 0.29) is 15.7 Å². The lowest BCUT2D eigenvalue weighted by atomic mass is 10.1. The second-order valence-corrected chi connectivity index (χ2v) is 7.67. The predicted octanol–water partition coefficient (Wildman–Crippen LogP) is 6.09. The van der Waals surface area contributed by atoms with Crippen molar-refractivity contribution in [3.63, 3.8) is 0 Å². The molecular weight excluding hydrogens is 440 g/mol. The third-order valence-electron chi connectivity index (χ3n) is 4.15. The molecule has 29 heavy (non-hydrogen) atoms. The number of halogens is 7. The Morgan fingerprint density at radius 2 is 1.52 bits per heavy atom. The molecular formula is C18H18Cl2F5N3O. The number of hydrogen-bond acceptors (Lipinski definition) is 2. The van der Waals surface area contributed by atoms with Gasteiger partial charge in [-0.15, -0.1) is 0 Å². The van der Waals surface area contributed by atoms with Gasteiger partial charge in [0.05, 0.1) is 15.7 Å². The molecule has 11 heteroatoms. The minimum atomic E-state index is -5.98. The highest BCUT2D eigenvalue weighted by molar-refractivity contribution is 6.37. The van der Waals surface area contributed by atoms with Crippen molar-refractivity contribution in [2.24, 2.45) is 0 Å². The van der Waals surface area contributed by atoms with Crippen molar-refractivity contribution in [1.29, 1.82) is 0 Å². The Morgan fingerprint density at radius 1 is 1.03 bits per heavy atom. The molecule has 0 spiro atoms. The minimum absolute atomic E-state index is 0.183. The molecule has 1 amide bonds. The number of carbonyl (C=O) groups is 1. The van der Waals surface area contributed by atoms with Crippen LogP contribution in [0.5, 0.6) is 0 Å². The number of rotatable bonds is 5. The molecule has 0 fully saturated rings. The summed E-state index contributed by atoms with van der Waals surface area (Å²) >= 11 is 12.0. The van der Waals surface area contributed by atoms with E-state index in [2.05, 4.69) is 4.98 Å². The van der Waals surface area contributed by atoms with Gasteiger partial charge in [-0.25, -0.2) is 4.98 Å². The van der Waals surface area contributed by atoms with Crippen LogP contribution in [0.1, 0.15) is 43.9 Å². The van der Waals surface area contributed by atoms with Crippen LogP contribution in [0.4, 0.5) is 22.0 Å². The van der Waals surface area contributed by atoms with Crippen molar-refractivity contribution >= 4 is 29.1 Å². The minimum Gasteiger partial charge on any atom is -0.332 e. The molecule has 1 aromatic carbocycles. The van der Waals surface area contributed by atoms with Crippen LogP contribution in [-0.4, -0.2) is 38.6 Å². The summed E-state index contributed by atoms with van der Waals surface area (Å²) in [7, 11) is 0. The summed E-state index contributed by atoms with van der Waals surface area (Å²) in [5, 5.41) is -0.365. The molecule has 0 bridgehead atoms. The number of hydrogen-bond donors (Lipinski definition) is 0. The summed E-state index contributed by atoms with van der Waals surface area (Å²) in [6.45, 7) is 6.45. The summed E-state index contributed by atoms with van der Waals surface area (Å²) < 4.78 is 69.3. The van der Waals surface area contributed by atoms with Crippen LogP contribution < -0.4 is 0 Å². The first kappa shape index (κ1) is 23.4. The molecule has 2 rings (SSSR count). The number of alkyl halides is 5. The Balaban J connectivity index is 2.85. The van der Waals surface area contributed by atoms with Crippen LogP contribution in [0.2, 0.25) is 10.0 Å². The van der Waals surface area contributed by atoms with E-state index in [9.17, 15) is 26.7 Å². The largest absolute Gasteiger partial charge is 0.459 e. The number of nitrogens with zero attached hydrogens (tertiary/aromatic N) is 3. The highest BCUT2D eigenvalue weighted by Crippen LogP contribution is 2.47. The van der Waals surface area contributed by atoms with Gasteiger partial charge in [-0.1, -0.05) is 29.3 Å². The van der Waals surface area contributed by atoms with E-state index in [0.29, 0.717) is 10.9 Å². The van der Waals surface area contributed by atoms with Crippen molar-refractivity contribution in [2.45, 2.75) is 51.9 Å². The van der Waals surface area contributed by atoms with Crippen LogP contribution >= 0.6 is 23.2 Å². The van der Waals surface area contributed by atoms with Crippen LogP contribution in [0, 0.1) is 0 Å². The van der Waals surface area contributed by atoms with E-state index >= 15 is 0 Å². The fraction of sp³-hybridized carbons (Fsp3) is 0.444. The van der Waals surface area contributed by atoms with Crippen molar-refractivity contribution in [3.05, 3.63) is 46.0 Å². The van der Waals surface area contributed by atoms with Gasteiger partial charge in [0.1, 0.15) is 12.0 Å². The van der Waals surface area contributed by atoms with E-state index in [1.165, 1.54) is 18.2 Å². The Hall–Kier alpha value is -1.87. The lowest BCUT2D eigenvalue weighted by molar-refractivity contribution is -0.291. The van der Waals surface area contributed by atoms with E-state index in [1.807, 2.05) is 0 Å². The van der Waals surface area contributed by atoms with Gasteiger partial charge in [-0.2, -0.15) is 22.0 Å². The van der Waals surface area contributed by atoms with Gasteiger partial charge in [0.2, 0.25) is 0 Å². The van der Waals surface area contributed by atoms with Crippen molar-refractivity contribution in [3.8, 4) is 5.69 Å². The highest BCUT2D eigenvalue weighted by atomic mass is 35.5. The molecule has 160 valence electrons. The summed E-state index contributed by atoms with van der Waals surface area (Å²) in [6, 6.07) is 3.01. The first-order valence-corrected chi connectivity index (χ1v) is 9.26. The van der Waals surface area contributed by atoms with Gasteiger partial charge >= 0.3 is 12.1 Å². The summed E-state index contributed by atoms with van der Waals surface area (Å²) in [5.74, 6) is -6.45. The number of imidazole rings is 1. The average Bonchev–Trinajstić information content (AvgIpc) is 2.98. The SMILES string of the molecule is CC(C)N(C(=O)c1ncn(-c2c(Cl)cccc2Cl)c1C(F)(F)C(F)(F)F)C(C)C. The zero-order valence-electron chi connectivity index (χ0n) is 15.9. The molecule has 0 unspecified atom stereocenters. The maximum Gasteiger partial charge on any atom is 0.459 e. The second kappa shape index (κ2) is 8.10. The summed E-state index contributed by atoms with van der Waals surface area (Å²) in [4.78, 5) is 17.7. The summed E-state index contributed by atoms with van der Waals surface area (Å²) in [5.41, 5.74) is -3.00. The normalized spacial score (nSPS) is 12.7. The lowest BCUT2D eigenvalue weighted by Crippen LogP contribution is -2.44. The molecule has 0 atom stereocenters. The lowest BCUT2D eigenvalue weighted by Gasteiger charge is -2.31. The number of para-hydroxylation sites is 1. The topological polar surface area (TPSA) is 38.1 Å². The Morgan fingerprint density at radius 3 is 1.93 bits per heavy atom. The first-order chi connectivity index (χ1) is 13.2. The zero-order chi connectivity index (χ0) is 22.3. The van der Waals surface area contributed by atoms with Crippen LogP contribution in [0.15, 0.2) is 24.5 Å². The quantitative estimate of drug-likeness (QED) is 0.509. The number of carbonyl (C=O) groups excluding carboxylic acids is 1. The van der Waals surface area contributed by atoms with Crippen LogP contribution in [-0.2, 0) is 5.92 Å². The van der Waals surface area contributed by atoms with E-state index in [0.717, 1.165) is 4.90 Å². The second-order valence-electron chi connectivity index (χ2n) is 6.85. The molecule has 0 N–H and O–H groups in total. The monoisotopic (exact) mass is 457 g/mol. The van der Waals surface area contributed by atoms with Crippen molar-refractivity contribution in [2.75, 3.05) is 0 Å². The number of amides is 1. The van der Waals surface area contributed by atoms with Gasteiger partial charge in [0, 0.05) is 12.1 Å². The standard InChI is InChI=1S/C18H18Cl2F5N3O/c1-9(2)28(10(3)4)16(29)13-15(17(21,22)18(23,24)25)27(8-26-13)14-11(19)6-5-7-12(14)20/h5-10H,1-4H3. The molecule has 0 saturated carbocycles. The molecule has 1 aromatic heterocycles. The molecule has 0 aliphatic carbocycles. The number of aromatic nitrogens is 2. The maximum absolute atomic E-state index is 14.5. The van der Waals surface area contributed by atoms with Crippen molar-refractivity contribution < 1.29 is 26.7 Å². The average molecular weight is 458 g/mol. The van der Waals surface area contributed by atoms with Gasteiger partial charge in [0.25, 0.3) is 5.91 Å². The van der Waals surface area contributed by atoms with Gasteiger partial charge in [-0.05, 0) is 39.8 Å². The third kappa shape index (κ3) is 4.21. The van der Waals surface area contributed by atoms with Gasteiger partial charge < -0.3 is 4.90 Å². The molecule has 0 radical (unpaired) electrons.